The van der Waals surface area contributed by atoms with Crippen LogP contribution in [0.5, 0.6) is 17.2 Å². The summed E-state index contributed by atoms with van der Waals surface area (Å²) in [5.41, 5.74) is 6.82. The Morgan fingerprint density at radius 3 is 2.10 bits per heavy atom. The second kappa shape index (κ2) is 6.63. The molecule has 2 rings (SSSR count). The maximum Gasteiger partial charge on any atom is 0.127 e. The first-order valence-electron chi connectivity index (χ1n) is 6.30. The molecule has 5 heteroatoms. The second-order valence-corrected chi connectivity index (χ2v) is 5.68. The minimum atomic E-state index is 0.513. The van der Waals surface area contributed by atoms with Crippen LogP contribution in [0, 0.1) is 6.92 Å². The number of thiophene rings is 1. The Bertz CT molecular complexity index is 558. The molecule has 0 fully saturated rings. The van der Waals surface area contributed by atoms with Crippen LogP contribution in [0.15, 0.2) is 24.3 Å². The smallest absolute Gasteiger partial charge is 0.127 e. The molecule has 1 aromatic carbocycles. The summed E-state index contributed by atoms with van der Waals surface area (Å²) in [6, 6.07) is 7.59. The van der Waals surface area contributed by atoms with E-state index in [2.05, 4.69) is 13.0 Å². The van der Waals surface area contributed by atoms with Crippen molar-refractivity contribution in [3.63, 3.8) is 0 Å². The zero-order valence-corrected chi connectivity index (χ0v) is 12.8. The Morgan fingerprint density at radius 1 is 1.00 bits per heavy atom. The minimum absolute atomic E-state index is 0.513. The van der Waals surface area contributed by atoms with Gasteiger partial charge >= 0.3 is 0 Å². The zero-order chi connectivity index (χ0) is 14.5. The largest absolute Gasteiger partial charge is 0.496 e. The number of hydrogen-bond donors (Lipinski definition) is 1. The van der Waals surface area contributed by atoms with Gasteiger partial charge in [-0.25, -0.2) is 0 Å². The Balaban J connectivity index is 2.11. The molecule has 0 radical (unpaired) electrons. The molecule has 0 atom stereocenters. The number of nitrogens with two attached hydrogens (primary N) is 1. The third-order valence-electron chi connectivity index (χ3n) is 2.99. The predicted octanol–water partition coefficient (Wildman–Crippen LogP) is 3.11. The summed E-state index contributed by atoms with van der Waals surface area (Å²) in [6.07, 6.45) is 0. The molecular weight excluding hydrogens is 274 g/mol. The number of hydrogen-bond acceptors (Lipinski definition) is 5. The van der Waals surface area contributed by atoms with Gasteiger partial charge in [-0.15, -0.1) is 11.3 Å². The first-order valence-corrected chi connectivity index (χ1v) is 7.12. The van der Waals surface area contributed by atoms with Gasteiger partial charge in [-0.2, -0.15) is 0 Å². The molecule has 0 saturated heterocycles. The molecule has 2 aromatic rings. The fourth-order valence-electron chi connectivity index (χ4n) is 1.86. The molecule has 1 aromatic heterocycles. The van der Waals surface area contributed by atoms with Crippen LogP contribution in [-0.4, -0.2) is 14.2 Å². The Kier molecular flexibility index (Phi) is 4.87. The lowest BCUT2D eigenvalue weighted by Crippen LogP contribution is -1.97. The lowest BCUT2D eigenvalue weighted by molar-refractivity contribution is 0.300. The third kappa shape index (κ3) is 3.43. The van der Waals surface area contributed by atoms with E-state index in [4.69, 9.17) is 19.9 Å². The average molecular weight is 293 g/mol. The summed E-state index contributed by atoms with van der Waals surface area (Å²) in [5, 5.41) is 0. The van der Waals surface area contributed by atoms with E-state index < -0.39 is 0 Å². The van der Waals surface area contributed by atoms with E-state index in [-0.39, 0.29) is 0 Å². The van der Waals surface area contributed by atoms with E-state index in [1.807, 2.05) is 18.2 Å². The maximum absolute atomic E-state index is 5.82. The Hall–Kier alpha value is -1.72. The fourth-order valence-corrected chi connectivity index (χ4v) is 2.78. The van der Waals surface area contributed by atoms with Crippen LogP contribution in [0.25, 0.3) is 0 Å². The second-order valence-electron chi connectivity index (χ2n) is 4.34. The van der Waals surface area contributed by atoms with Crippen molar-refractivity contribution in [2.75, 3.05) is 14.2 Å². The van der Waals surface area contributed by atoms with E-state index >= 15 is 0 Å². The minimum Gasteiger partial charge on any atom is -0.496 e. The lowest BCUT2D eigenvalue weighted by Gasteiger charge is -2.10. The number of methoxy groups -OCH3 is 2. The van der Waals surface area contributed by atoms with Crippen molar-refractivity contribution in [1.29, 1.82) is 0 Å². The van der Waals surface area contributed by atoms with E-state index in [0.29, 0.717) is 24.7 Å². The molecule has 0 amide bonds. The van der Waals surface area contributed by atoms with Gasteiger partial charge in [-0.3, -0.25) is 0 Å². The molecule has 0 spiro atoms. The average Bonchev–Trinajstić information content (AvgIpc) is 2.85. The van der Waals surface area contributed by atoms with Crippen LogP contribution in [0.3, 0.4) is 0 Å². The molecule has 2 N–H and O–H groups in total. The number of benzene rings is 1. The molecule has 0 bridgehead atoms. The molecule has 0 aliphatic carbocycles. The monoisotopic (exact) mass is 293 g/mol. The third-order valence-corrected chi connectivity index (χ3v) is 4.11. The van der Waals surface area contributed by atoms with Crippen molar-refractivity contribution in [1.82, 2.24) is 0 Å². The lowest BCUT2D eigenvalue weighted by atomic mass is 10.2. The van der Waals surface area contributed by atoms with Crippen molar-refractivity contribution in [3.05, 3.63) is 39.6 Å². The number of aryl methyl sites for hydroxylation is 1. The van der Waals surface area contributed by atoms with Crippen LogP contribution in [0.2, 0.25) is 0 Å². The van der Waals surface area contributed by atoms with Gasteiger partial charge < -0.3 is 19.9 Å². The number of ether oxygens (including phenoxy) is 3. The highest BCUT2D eigenvalue weighted by molar-refractivity contribution is 7.12. The highest BCUT2D eigenvalue weighted by Crippen LogP contribution is 2.29. The highest BCUT2D eigenvalue weighted by Gasteiger charge is 2.07. The summed E-state index contributed by atoms with van der Waals surface area (Å²) < 4.78 is 16.3. The van der Waals surface area contributed by atoms with E-state index in [9.17, 15) is 0 Å². The van der Waals surface area contributed by atoms with Crippen molar-refractivity contribution in [2.24, 2.45) is 5.73 Å². The Morgan fingerprint density at radius 2 is 1.60 bits per heavy atom. The summed E-state index contributed by atoms with van der Waals surface area (Å²) in [6.45, 7) is 3.16. The van der Waals surface area contributed by atoms with Crippen LogP contribution in [-0.2, 0) is 13.2 Å². The van der Waals surface area contributed by atoms with E-state index in [0.717, 1.165) is 11.3 Å². The van der Waals surface area contributed by atoms with Crippen LogP contribution >= 0.6 is 11.3 Å². The molecule has 20 heavy (non-hydrogen) atoms. The van der Waals surface area contributed by atoms with Crippen molar-refractivity contribution in [3.8, 4) is 17.2 Å². The zero-order valence-electron chi connectivity index (χ0n) is 11.9. The maximum atomic E-state index is 5.82. The molecular formula is C15H19NO3S. The molecule has 0 unspecified atom stereocenters. The van der Waals surface area contributed by atoms with Gasteiger partial charge in [0.2, 0.25) is 0 Å². The summed E-state index contributed by atoms with van der Waals surface area (Å²) in [4.78, 5) is 2.41. The van der Waals surface area contributed by atoms with E-state index in [1.165, 1.54) is 9.75 Å². The van der Waals surface area contributed by atoms with Gasteiger partial charge in [-0.1, -0.05) is 0 Å². The van der Waals surface area contributed by atoms with Crippen molar-refractivity contribution in [2.45, 2.75) is 20.1 Å². The normalized spacial score (nSPS) is 10.4. The van der Waals surface area contributed by atoms with Crippen LogP contribution in [0.1, 0.15) is 15.3 Å². The summed E-state index contributed by atoms with van der Waals surface area (Å²) >= 11 is 1.71. The molecule has 0 aliphatic heterocycles. The summed E-state index contributed by atoms with van der Waals surface area (Å²) in [7, 11) is 3.24. The van der Waals surface area contributed by atoms with Gasteiger partial charge in [0.05, 0.1) is 14.2 Å². The van der Waals surface area contributed by atoms with Gasteiger partial charge in [0.15, 0.2) is 0 Å². The molecule has 0 aliphatic rings. The Labute approximate surface area is 123 Å². The number of rotatable bonds is 6. The quantitative estimate of drug-likeness (QED) is 0.889. The molecule has 0 saturated carbocycles. The SMILES string of the molecule is COc1cc(OC)cc(OCc2cc(CN)sc2C)c1. The van der Waals surface area contributed by atoms with Crippen LogP contribution < -0.4 is 19.9 Å². The van der Waals surface area contributed by atoms with Crippen molar-refractivity contribution >= 4 is 11.3 Å². The molecule has 108 valence electrons. The van der Waals surface area contributed by atoms with Gasteiger partial charge in [-0.05, 0) is 13.0 Å². The first kappa shape index (κ1) is 14.7. The highest BCUT2D eigenvalue weighted by atomic mass is 32.1. The molecule has 4 nitrogen and oxygen atoms in total. The van der Waals surface area contributed by atoms with Gasteiger partial charge in [0, 0.05) is 40.1 Å². The predicted molar refractivity (Wildman–Crippen MR) is 80.8 cm³/mol. The van der Waals surface area contributed by atoms with Gasteiger partial charge in [0.1, 0.15) is 23.9 Å². The van der Waals surface area contributed by atoms with Crippen LogP contribution in [0.4, 0.5) is 0 Å². The topological polar surface area (TPSA) is 53.7 Å². The fraction of sp³-hybridized carbons (Fsp3) is 0.333. The van der Waals surface area contributed by atoms with Gasteiger partial charge in [0.25, 0.3) is 0 Å². The molecule has 1 heterocycles. The van der Waals surface area contributed by atoms with E-state index in [1.54, 1.807) is 25.6 Å². The summed E-state index contributed by atoms with van der Waals surface area (Å²) in [5.74, 6) is 2.15. The van der Waals surface area contributed by atoms with Crippen molar-refractivity contribution < 1.29 is 14.2 Å². The standard InChI is InChI=1S/C15H19NO3S/c1-10-11(4-15(8-16)20-10)9-19-14-6-12(17-2)5-13(7-14)18-3/h4-7H,8-9,16H2,1-3H3. The first-order chi connectivity index (χ1) is 9.66.